The Labute approximate surface area is 139 Å². The van der Waals surface area contributed by atoms with Gasteiger partial charge < -0.3 is 5.32 Å². The van der Waals surface area contributed by atoms with Gasteiger partial charge in [-0.15, -0.1) is 0 Å². The highest BCUT2D eigenvalue weighted by molar-refractivity contribution is 5.77. The Hall–Kier alpha value is -1.38. The first-order valence-electron chi connectivity index (χ1n) is 9.28. The van der Waals surface area contributed by atoms with Gasteiger partial charge in [0.2, 0.25) is 5.91 Å². The van der Waals surface area contributed by atoms with E-state index < -0.39 is 0 Å². The van der Waals surface area contributed by atoms with Crippen molar-refractivity contribution < 1.29 is 4.79 Å². The van der Waals surface area contributed by atoms with Gasteiger partial charge in [0, 0.05) is 24.9 Å². The van der Waals surface area contributed by atoms with E-state index in [0.29, 0.717) is 5.41 Å². The van der Waals surface area contributed by atoms with E-state index in [0.717, 1.165) is 30.6 Å². The fraction of sp³-hybridized carbons (Fsp3) is 0.700. The summed E-state index contributed by atoms with van der Waals surface area (Å²) < 4.78 is 0. The summed E-state index contributed by atoms with van der Waals surface area (Å²) in [6.45, 7) is 2.11. The van der Waals surface area contributed by atoms with Crippen LogP contribution < -0.4 is 5.32 Å². The molecule has 4 aliphatic carbocycles. The van der Waals surface area contributed by atoms with Crippen molar-refractivity contribution in [2.45, 2.75) is 64.3 Å². The van der Waals surface area contributed by atoms with Crippen LogP contribution in [0.3, 0.4) is 0 Å². The van der Waals surface area contributed by atoms with Gasteiger partial charge in [-0.1, -0.05) is 0 Å². The van der Waals surface area contributed by atoms with Gasteiger partial charge in [-0.2, -0.15) is 0 Å². The van der Waals surface area contributed by atoms with E-state index in [4.69, 9.17) is 0 Å². The summed E-state index contributed by atoms with van der Waals surface area (Å²) in [7, 11) is 0. The lowest BCUT2D eigenvalue weighted by Crippen LogP contribution is -2.48. The van der Waals surface area contributed by atoms with Gasteiger partial charge in [0.15, 0.2) is 0 Å². The van der Waals surface area contributed by atoms with Crippen LogP contribution in [0.5, 0.6) is 0 Å². The number of aromatic nitrogens is 1. The molecule has 1 amide bonds. The summed E-state index contributed by atoms with van der Waals surface area (Å²) >= 11 is 0. The second kappa shape index (κ2) is 5.92. The molecule has 0 spiro atoms. The molecule has 1 heterocycles. The molecule has 1 atom stereocenters. The molecule has 1 aromatic rings. The minimum absolute atomic E-state index is 0.193. The molecule has 1 aromatic heterocycles. The quantitative estimate of drug-likeness (QED) is 0.900. The molecule has 1 N–H and O–H groups in total. The lowest BCUT2D eigenvalue weighted by molar-refractivity contribution is -0.130. The molecule has 5 rings (SSSR count). The Morgan fingerprint density at radius 1 is 1.17 bits per heavy atom. The van der Waals surface area contributed by atoms with E-state index in [1.54, 1.807) is 0 Å². The first-order valence-corrected chi connectivity index (χ1v) is 9.28. The summed E-state index contributed by atoms with van der Waals surface area (Å²) in [5.41, 5.74) is 1.58. The molecule has 23 heavy (non-hydrogen) atoms. The zero-order valence-electron chi connectivity index (χ0n) is 14.1. The second-order valence-corrected chi connectivity index (χ2v) is 8.62. The Morgan fingerprint density at radius 3 is 2.30 bits per heavy atom. The van der Waals surface area contributed by atoms with Crippen LogP contribution in [0.4, 0.5) is 0 Å². The number of nitrogens with one attached hydrogen (secondary N) is 1. The summed E-state index contributed by atoms with van der Waals surface area (Å²) in [6, 6.07) is 4.25. The highest BCUT2D eigenvalue weighted by atomic mass is 16.1. The van der Waals surface area contributed by atoms with Gasteiger partial charge in [0.1, 0.15) is 0 Å². The molecule has 4 saturated carbocycles. The molecule has 0 aliphatic heterocycles. The second-order valence-electron chi connectivity index (χ2n) is 8.62. The monoisotopic (exact) mass is 312 g/mol. The largest absolute Gasteiger partial charge is 0.353 e. The van der Waals surface area contributed by atoms with Crippen LogP contribution in [0.15, 0.2) is 24.5 Å². The molecular weight excluding hydrogens is 284 g/mol. The summed E-state index contributed by atoms with van der Waals surface area (Å²) in [6.07, 6.45) is 13.5. The number of hydrogen-bond donors (Lipinski definition) is 1. The predicted molar refractivity (Wildman–Crippen MR) is 90.8 cm³/mol. The molecule has 3 nitrogen and oxygen atoms in total. The number of pyridine rings is 1. The van der Waals surface area contributed by atoms with Crippen LogP contribution in [0.2, 0.25) is 0 Å². The van der Waals surface area contributed by atoms with E-state index in [1.807, 2.05) is 24.5 Å². The number of rotatable bonds is 5. The normalized spacial score (nSPS) is 36.0. The molecule has 0 aromatic carbocycles. The Balaban J connectivity index is 1.33. The fourth-order valence-electron chi connectivity index (χ4n) is 6.10. The summed E-state index contributed by atoms with van der Waals surface area (Å²) in [5, 5.41) is 3.24. The third-order valence-electron chi connectivity index (χ3n) is 6.40. The molecule has 4 bridgehead atoms. The van der Waals surface area contributed by atoms with E-state index in [2.05, 4.69) is 17.2 Å². The Kier molecular flexibility index (Phi) is 3.90. The number of amides is 1. The summed E-state index contributed by atoms with van der Waals surface area (Å²) in [5.74, 6) is 3.03. The predicted octanol–water partition coefficient (Wildman–Crippen LogP) is 3.74. The van der Waals surface area contributed by atoms with Gasteiger partial charge in [0.05, 0.1) is 0 Å². The maximum atomic E-state index is 12.6. The van der Waals surface area contributed by atoms with E-state index in [9.17, 15) is 4.79 Å². The maximum absolute atomic E-state index is 12.6. The van der Waals surface area contributed by atoms with Crippen molar-refractivity contribution in [3.05, 3.63) is 30.1 Å². The number of carbonyl (C=O) groups excluding carboxylic acids is 1. The zero-order chi connectivity index (χ0) is 15.9. The van der Waals surface area contributed by atoms with Gasteiger partial charge in [-0.3, -0.25) is 9.78 Å². The van der Waals surface area contributed by atoms with Crippen LogP contribution in [0, 0.1) is 23.2 Å². The molecule has 0 saturated heterocycles. The van der Waals surface area contributed by atoms with Crippen molar-refractivity contribution in [3.8, 4) is 0 Å². The Bertz CT molecular complexity index is 533. The number of nitrogens with zero attached hydrogens (tertiary/aromatic N) is 1. The van der Waals surface area contributed by atoms with Gasteiger partial charge in [-0.25, -0.2) is 0 Å². The fourth-order valence-corrected chi connectivity index (χ4v) is 6.10. The van der Waals surface area contributed by atoms with Crippen LogP contribution in [-0.2, 0) is 11.2 Å². The van der Waals surface area contributed by atoms with Crippen molar-refractivity contribution in [3.63, 3.8) is 0 Å². The first kappa shape index (κ1) is 15.2. The molecule has 0 radical (unpaired) electrons. The molecule has 3 heteroatoms. The van der Waals surface area contributed by atoms with Crippen LogP contribution in [-0.4, -0.2) is 16.9 Å². The summed E-state index contributed by atoms with van der Waals surface area (Å²) in [4.78, 5) is 16.7. The minimum atomic E-state index is 0.193. The van der Waals surface area contributed by atoms with Crippen molar-refractivity contribution in [2.24, 2.45) is 23.2 Å². The van der Waals surface area contributed by atoms with Crippen LogP contribution >= 0.6 is 0 Å². The Morgan fingerprint density at radius 2 is 1.74 bits per heavy atom. The van der Waals surface area contributed by atoms with Crippen LogP contribution in [0.1, 0.15) is 57.4 Å². The third-order valence-corrected chi connectivity index (χ3v) is 6.40. The minimum Gasteiger partial charge on any atom is -0.353 e. The van der Waals surface area contributed by atoms with Crippen molar-refractivity contribution in [1.82, 2.24) is 10.3 Å². The van der Waals surface area contributed by atoms with E-state index >= 15 is 0 Å². The van der Waals surface area contributed by atoms with Gasteiger partial charge in [0.25, 0.3) is 0 Å². The van der Waals surface area contributed by atoms with Crippen LogP contribution in [0.25, 0.3) is 0 Å². The van der Waals surface area contributed by atoms with Crippen molar-refractivity contribution in [1.29, 1.82) is 0 Å². The average Bonchev–Trinajstić information content (AvgIpc) is 2.45. The first-order chi connectivity index (χ1) is 11.1. The highest BCUT2D eigenvalue weighted by Gasteiger charge is 2.51. The van der Waals surface area contributed by atoms with E-state index in [-0.39, 0.29) is 11.9 Å². The molecule has 1 unspecified atom stereocenters. The van der Waals surface area contributed by atoms with Crippen molar-refractivity contribution in [2.75, 3.05) is 0 Å². The standard InChI is InChI=1S/C20H28N2O/c1-14(6-15-2-4-21-5-3-15)22-19(23)13-20-10-16-7-17(11-20)9-18(8-16)12-20/h2-5,14,16-18H,6-13H2,1H3,(H,22,23). The topological polar surface area (TPSA) is 42.0 Å². The third kappa shape index (κ3) is 3.29. The lowest BCUT2D eigenvalue weighted by atomic mass is 9.49. The number of hydrogen-bond acceptors (Lipinski definition) is 2. The van der Waals surface area contributed by atoms with E-state index in [1.165, 1.54) is 44.1 Å². The molecule has 124 valence electrons. The molecular formula is C20H28N2O. The highest BCUT2D eigenvalue weighted by Crippen LogP contribution is 2.61. The molecule has 4 fully saturated rings. The lowest BCUT2D eigenvalue weighted by Gasteiger charge is -2.56. The average molecular weight is 312 g/mol. The number of carbonyl (C=O) groups is 1. The molecule has 4 aliphatic rings. The SMILES string of the molecule is CC(Cc1ccncc1)NC(=O)CC12CC3CC(CC(C3)C1)C2. The zero-order valence-corrected chi connectivity index (χ0v) is 14.1. The van der Waals surface area contributed by atoms with Gasteiger partial charge >= 0.3 is 0 Å². The smallest absolute Gasteiger partial charge is 0.220 e. The maximum Gasteiger partial charge on any atom is 0.220 e. The van der Waals surface area contributed by atoms with Gasteiger partial charge in [-0.05, 0) is 92.7 Å². The van der Waals surface area contributed by atoms with Crippen molar-refractivity contribution >= 4 is 5.91 Å².